The second kappa shape index (κ2) is 5.66. The maximum absolute atomic E-state index is 3.57. The number of nitrogens with zero attached hydrogens (tertiary/aromatic N) is 1. The van der Waals surface area contributed by atoms with Gasteiger partial charge in [-0.15, -0.1) is 0 Å². The Morgan fingerprint density at radius 1 is 1.64 bits per heavy atom. The van der Waals surface area contributed by atoms with Crippen LogP contribution in [-0.4, -0.2) is 24.3 Å². The Balaban J connectivity index is 4.39. The minimum atomic E-state index is 0.807. The molecule has 4 heteroatoms. The lowest BCUT2D eigenvalue weighted by molar-refractivity contribution is 0.512. The predicted octanol–water partition coefficient (Wildman–Crippen LogP) is 2.24. The van der Waals surface area contributed by atoms with Gasteiger partial charge >= 0.3 is 0 Å². The summed E-state index contributed by atoms with van der Waals surface area (Å²) in [5.74, 6) is 0. The van der Waals surface area contributed by atoms with Gasteiger partial charge in [0.15, 0.2) is 0 Å². The van der Waals surface area contributed by atoms with E-state index >= 15 is 0 Å². The minimum Gasteiger partial charge on any atom is -0.378 e. The van der Waals surface area contributed by atoms with Crippen molar-refractivity contribution in [3.05, 3.63) is 23.1 Å². The van der Waals surface area contributed by atoms with Gasteiger partial charge in [0, 0.05) is 19.4 Å². The Morgan fingerprint density at radius 2 is 2.18 bits per heavy atom. The van der Waals surface area contributed by atoms with E-state index in [2.05, 4.69) is 43.8 Å². The van der Waals surface area contributed by atoms with E-state index in [1.165, 1.54) is 0 Å². The zero-order valence-corrected chi connectivity index (χ0v) is 9.87. The molecule has 11 heavy (non-hydrogen) atoms. The molecule has 0 atom stereocenters. The summed E-state index contributed by atoms with van der Waals surface area (Å²) in [5, 5.41) is 3.77. The summed E-state index contributed by atoms with van der Waals surface area (Å²) >= 11 is 6.77. The summed E-state index contributed by atoms with van der Waals surface area (Å²) in [6.07, 6.45) is 1.64. The van der Waals surface area contributed by atoms with E-state index in [1.807, 2.05) is 19.0 Å². The van der Waals surface area contributed by atoms with Crippen molar-refractivity contribution in [2.45, 2.75) is 0 Å². The van der Waals surface area contributed by atoms with E-state index in [-0.39, 0.29) is 0 Å². The van der Waals surface area contributed by atoms with Gasteiger partial charge in [0.2, 0.25) is 0 Å². The van der Waals surface area contributed by atoms with Gasteiger partial charge in [-0.05, 0) is 22.1 Å². The van der Waals surface area contributed by atoms with Gasteiger partial charge in [-0.3, -0.25) is 0 Å². The molecule has 2 nitrogen and oxygen atoms in total. The van der Waals surface area contributed by atoms with Crippen molar-refractivity contribution in [3.63, 3.8) is 0 Å². The van der Waals surface area contributed by atoms with Crippen LogP contribution in [0.5, 0.6) is 0 Å². The summed E-state index contributed by atoms with van der Waals surface area (Å²) in [7, 11) is 3.98. The second-order valence-corrected chi connectivity index (χ2v) is 3.49. The van der Waals surface area contributed by atoms with Crippen LogP contribution in [0.25, 0.3) is 0 Å². The highest BCUT2D eigenvalue weighted by Crippen LogP contribution is 2.13. The molecule has 0 aromatic carbocycles. The molecular weight excluding hydrogens is 272 g/mol. The number of rotatable bonds is 4. The van der Waals surface area contributed by atoms with Gasteiger partial charge in [0.25, 0.3) is 0 Å². The van der Waals surface area contributed by atoms with Crippen LogP contribution in [0.1, 0.15) is 0 Å². The molecule has 0 radical (unpaired) electrons. The molecule has 0 spiro atoms. The molecule has 0 rings (SSSR count). The third kappa shape index (κ3) is 3.82. The van der Waals surface area contributed by atoms with Crippen LogP contribution in [-0.2, 0) is 0 Å². The van der Waals surface area contributed by atoms with Gasteiger partial charge in [0.1, 0.15) is 4.61 Å². The molecule has 0 saturated carbocycles. The highest BCUT2D eigenvalue weighted by Gasteiger charge is 2.02. The van der Waals surface area contributed by atoms with E-state index < -0.39 is 0 Å². The highest BCUT2D eigenvalue weighted by atomic mass is 79.9. The van der Waals surface area contributed by atoms with Crippen molar-refractivity contribution in [1.82, 2.24) is 10.2 Å². The number of hydrogen-bond acceptors (Lipinski definition) is 2. The molecule has 0 saturated heterocycles. The first-order chi connectivity index (χ1) is 5.13. The Hall–Kier alpha value is 0.0400. The lowest BCUT2D eigenvalue weighted by Crippen LogP contribution is -2.17. The van der Waals surface area contributed by atoms with Crippen molar-refractivity contribution in [1.29, 1.82) is 0 Å². The van der Waals surface area contributed by atoms with Crippen LogP contribution < -0.4 is 5.32 Å². The van der Waals surface area contributed by atoms with E-state index in [1.54, 1.807) is 6.20 Å². The first-order valence-electron chi connectivity index (χ1n) is 3.12. The summed E-state index contributed by atoms with van der Waals surface area (Å²) in [4.78, 5) is 2.02. The van der Waals surface area contributed by atoms with Gasteiger partial charge in [-0.1, -0.05) is 22.5 Å². The fourth-order valence-corrected chi connectivity index (χ4v) is 2.36. The molecule has 64 valence electrons. The van der Waals surface area contributed by atoms with E-state index in [0.29, 0.717) is 0 Å². The molecule has 0 aliphatic rings. The molecule has 0 aromatic rings. The zero-order valence-electron chi connectivity index (χ0n) is 6.69. The van der Waals surface area contributed by atoms with Crippen LogP contribution >= 0.6 is 31.9 Å². The van der Waals surface area contributed by atoms with Crippen LogP contribution in [0.15, 0.2) is 23.1 Å². The zero-order chi connectivity index (χ0) is 8.85. The van der Waals surface area contributed by atoms with Crippen LogP contribution in [0.3, 0.4) is 0 Å². The van der Waals surface area contributed by atoms with Crippen molar-refractivity contribution >= 4 is 31.9 Å². The maximum atomic E-state index is 3.57. The Bertz CT molecular complexity index is 164. The molecule has 0 aliphatic heterocycles. The van der Waals surface area contributed by atoms with Gasteiger partial charge in [-0.2, -0.15) is 0 Å². The predicted molar refractivity (Wildman–Crippen MR) is 56.8 cm³/mol. The largest absolute Gasteiger partial charge is 0.378 e. The fraction of sp³-hybridized carbons (Fsp3) is 0.429. The Labute approximate surface area is 84.6 Å². The third-order valence-corrected chi connectivity index (χ3v) is 2.37. The number of nitrogens with one attached hydrogen (secondary N) is 1. The van der Waals surface area contributed by atoms with Crippen molar-refractivity contribution < 1.29 is 0 Å². The minimum absolute atomic E-state index is 0.807. The molecule has 0 fully saturated rings. The lowest BCUT2D eigenvalue weighted by Gasteiger charge is -2.16. The van der Waals surface area contributed by atoms with Crippen molar-refractivity contribution in [2.24, 2.45) is 0 Å². The Morgan fingerprint density at radius 3 is 2.45 bits per heavy atom. The summed E-state index contributed by atoms with van der Waals surface area (Å²) in [6.45, 7) is 3.57. The summed E-state index contributed by atoms with van der Waals surface area (Å²) in [6, 6.07) is 0. The fourth-order valence-electron chi connectivity index (χ4n) is 0.547. The number of halogens is 2. The van der Waals surface area contributed by atoms with Gasteiger partial charge in [0.05, 0.1) is 5.70 Å². The van der Waals surface area contributed by atoms with Gasteiger partial charge in [-0.25, -0.2) is 0 Å². The van der Waals surface area contributed by atoms with E-state index in [9.17, 15) is 0 Å². The topological polar surface area (TPSA) is 15.3 Å². The number of hydrogen-bond donors (Lipinski definition) is 1. The molecular formula is C7H12Br2N2. The summed E-state index contributed by atoms with van der Waals surface area (Å²) < 4.78 is 0.939. The van der Waals surface area contributed by atoms with Crippen molar-refractivity contribution in [3.8, 4) is 0 Å². The molecule has 0 heterocycles. The second-order valence-electron chi connectivity index (χ2n) is 2.14. The molecule has 1 N–H and O–H groups in total. The highest BCUT2D eigenvalue weighted by molar-refractivity contribution is 9.11. The number of alkyl halides is 1. The first-order valence-corrected chi connectivity index (χ1v) is 5.04. The monoisotopic (exact) mass is 282 g/mol. The number of allylic oxidation sites excluding steroid dienone is 1. The lowest BCUT2D eigenvalue weighted by atomic mass is 10.5. The summed E-state index contributed by atoms with van der Waals surface area (Å²) in [5.41, 5.74) is 1.14. The van der Waals surface area contributed by atoms with E-state index in [4.69, 9.17) is 0 Å². The maximum Gasteiger partial charge on any atom is 0.102 e. The third-order valence-electron chi connectivity index (χ3n) is 1.15. The van der Waals surface area contributed by atoms with Crippen LogP contribution in [0.4, 0.5) is 0 Å². The van der Waals surface area contributed by atoms with Crippen LogP contribution in [0.2, 0.25) is 0 Å². The molecule has 0 unspecified atom stereocenters. The normalized spacial score (nSPS) is 12.0. The first kappa shape index (κ1) is 11.0. The van der Waals surface area contributed by atoms with E-state index in [0.717, 1.165) is 15.6 Å². The SMILES string of the molecule is C=CN/C(Br)=C(/CBr)N(C)C. The molecule has 0 bridgehead atoms. The molecule has 0 aromatic heterocycles. The molecule has 0 amide bonds. The van der Waals surface area contributed by atoms with Crippen molar-refractivity contribution in [2.75, 3.05) is 19.4 Å². The van der Waals surface area contributed by atoms with Crippen LogP contribution in [0, 0.1) is 0 Å². The molecule has 0 aliphatic carbocycles. The average Bonchev–Trinajstić information content (AvgIpc) is 1.88. The Kier molecular flexibility index (Phi) is 5.68. The smallest absolute Gasteiger partial charge is 0.102 e. The average molecular weight is 284 g/mol. The quantitative estimate of drug-likeness (QED) is 0.629. The van der Waals surface area contributed by atoms with Gasteiger partial charge < -0.3 is 10.2 Å². The standard InChI is InChI=1S/C7H12Br2N2/c1-4-10-7(9)6(5-8)11(2)3/h4,10H,1,5H2,2-3H3/b7-6-.